The lowest BCUT2D eigenvalue weighted by atomic mass is 10.1. The number of aryl methyl sites for hydroxylation is 1. The molecule has 3 aromatic rings. The van der Waals surface area contributed by atoms with Crippen LogP contribution < -0.4 is 25.8 Å². The standard InChI is InChI=1S/C27H34N6O/c1-19-8-5-6-10-24(19)32-14-16-33(17-15-32)25-13-12-21(18-22(25)28)27(34)29-20(2)23-9-7-11-26(30-23)31(3)4/h5-13,18,20H,14-17,28H2,1-4H3,(H,29,34). The van der Waals surface area contributed by atoms with Crippen molar-refractivity contribution in [3.8, 4) is 0 Å². The quantitative estimate of drug-likeness (QED) is 0.547. The number of para-hydroxylation sites is 1. The first-order valence-electron chi connectivity index (χ1n) is 11.7. The molecule has 0 radical (unpaired) electrons. The smallest absolute Gasteiger partial charge is 0.251 e. The average molecular weight is 459 g/mol. The van der Waals surface area contributed by atoms with Crippen LogP contribution in [0.5, 0.6) is 0 Å². The van der Waals surface area contributed by atoms with E-state index < -0.39 is 0 Å². The summed E-state index contributed by atoms with van der Waals surface area (Å²) in [6.07, 6.45) is 0. The number of hydrogen-bond donors (Lipinski definition) is 2. The maximum atomic E-state index is 12.9. The third-order valence-electron chi connectivity index (χ3n) is 6.37. The highest BCUT2D eigenvalue weighted by Gasteiger charge is 2.21. The van der Waals surface area contributed by atoms with Gasteiger partial charge in [0.2, 0.25) is 0 Å². The minimum atomic E-state index is -0.220. The molecule has 1 unspecified atom stereocenters. The van der Waals surface area contributed by atoms with Gasteiger partial charge in [0.05, 0.1) is 23.1 Å². The van der Waals surface area contributed by atoms with Gasteiger partial charge < -0.3 is 25.8 Å². The summed E-state index contributed by atoms with van der Waals surface area (Å²) in [7, 11) is 3.89. The molecular formula is C27H34N6O. The van der Waals surface area contributed by atoms with Crippen molar-refractivity contribution in [2.75, 3.05) is 60.7 Å². The average Bonchev–Trinajstić information content (AvgIpc) is 2.84. The highest BCUT2D eigenvalue weighted by Crippen LogP contribution is 2.28. The Morgan fingerprint density at radius 1 is 0.971 bits per heavy atom. The number of carbonyl (C=O) groups excluding carboxylic acids is 1. The van der Waals surface area contributed by atoms with Crippen molar-refractivity contribution in [2.45, 2.75) is 19.9 Å². The molecule has 178 valence electrons. The van der Waals surface area contributed by atoms with E-state index in [-0.39, 0.29) is 11.9 Å². The van der Waals surface area contributed by atoms with Crippen LogP contribution in [0.4, 0.5) is 22.9 Å². The number of nitrogens with two attached hydrogens (primary N) is 1. The van der Waals surface area contributed by atoms with Crippen molar-refractivity contribution >= 4 is 28.8 Å². The molecule has 1 aromatic heterocycles. The predicted octanol–water partition coefficient (Wildman–Crippen LogP) is 3.86. The van der Waals surface area contributed by atoms with E-state index in [4.69, 9.17) is 5.73 Å². The monoisotopic (exact) mass is 458 g/mol. The van der Waals surface area contributed by atoms with Gasteiger partial charge in [-0.2, -0.15) is 0 Å². The minimum Gasteiger partial charge on any atom is -0.397 e. The van der Waals surface area contributed by atoms with E-state index in [1.807, 2.05) is 56.3 Å². The van der Waals surface area contributed by atoms with Gasteiger partial charge in [0.25, 0.3) is 5.91 Å². The Kier molecular flexibility index (Phi) is 6.91. The number of nitrogen functional groups attached to an aromatic ring is 1. The summed E-state index contributed by atoms with van der Waals surface area (Å²) in [5.41, 5.74) is 12.0. The molecular weight excluding hydrogens is 424 g/mol. The summed E-state index contributed by atoms with van der Waals surface area (Å²) in [6, 6.07) is 19.7. The van der Waals surface area contributed by atoms with Crippen molar-refractivity contribution in [1.82, 2.24) is 10.3 Å². The Morgan fingerprint density at radius 3 is 2.29 bits per heavy atom. The number of carbonyl (C=O) groups is 1. The molecule has 7 nitrogen and oxygen atoms in total. The van der Waals surface area contributed by atoms with Crippen molar-refractivity contribution in [3.05, 3.63) is 77.5 Å². The van der Waals surface area contributed by atoms with Crippen molar-refractivity contribution < 1.29 is 4.79 Å². The Morgan fingerprint density at radius 2 is 1.65 bits per heavy atom. The Bertz CT molecular complexity index is 1150. The van der Waals surface area contributed by atoms with Gasteiger partial charge in [-0.15, -0.1) is 0 Å². The van der Waals surface area contributed by atoms with Crippen LogP contribution in [0.3, 0.4) is 0 Å². The molecule has 3 N–H and O–H groups in total. The minimum absolute atomic E-state index is 0.160. The molecule has 1 amide bonds. The van der Waals surface area contributed by atoms with Crippen LogP contribution in [-0.4, -0.2) is 51.2 Å². The highest BCUT2D eigenvalue weighted by atomic mass is 16.1. The normalized spacial score (nSPS) is 14.6. The van der Waals surface area contributed by atoms with Gasteiger partial charge >= 0.3 is 0 Å². The van der Waals surface area contributed by atoms with E-state index in [1.54, 1.807) is 6.07 Å². The molecule has 0 spiro atoms. The fourth-order valence-electron chi connectivity index (χ4n) is 4.37. The molecule has 1 aliphatic heterocycles. The van der Waals surface area contributed by atoms with E-state index in [9.17, 15) is 4.79 Å². The van der Waals surface area contributed by atoms with E-state index >= 15 is 0 Å². The summed E-state index contributed by atoms with van der Waals surface area (Å²) in [6.45, 7) is 7.72. The Labute approximate surface area is 202 Å². The van der Waals surface area contributed by atoms with Crippen LogP contribution in [0.25, 0.3) is 0 Å². The largest absolute Gasteiger partial charge is 0.397 e. The van der Waals surface area contributed by atoms with Crippen LogP contribution in [0, 0.1) is 6.92 Å². The number of amides is 1. The van der Waals surface area contributed by atoms with Gasteiger partial charge in [-0.1, -0.05) is 24.3 Å². The van der Waals surface area contributed by atoms with E-state index in [0.717, 1.165) is 43.4 Å². The van der Waals surface area contributed by atoms with Gasteiger partial charge in [0, 0.05) is 51.5 Å². The molecule has 7 heteroatoms. The molecule has 2 aromatic carbocycles. The zero-order valence-corrected chi connectivity index (χ0v) is 20.5. The maximum absolute atomic E-state index is 12.9. The maximum Gasteiger partial charge on any atom is 0.251 e. The fourth-order valence-corrected chi connectivity index (χ4v) is 4.37. The third kappa shape index (κ3) is 5.09. The van der Waals surface area contributed by atoms with Gasteiger partial charge in [-0.3, -0.25) is 4.79 Å². The van der Waals surface area contributed by atoms with Gasteiger partial charge in [-0.05, 0) is 55.8 Å². The van der Waals surface area contributed by atoms with Crippen LogP contribution >= 0.6 is 0 Å². The Balaban J connectivity index is 1.40. The summed E-state index contributed by atoms with van der Waals surface area (Å²) in [4.78, 5) is 24.2. The molecule has 4 rings (SSSR count). The van der Waals surface area contributed by atoms with Crippen molar-refractivity contribution in [1.29, 1.82) is 0 Å². The van der Waals surface area contributed by atoms with Crippen LogP contribution in [0.1, 0.15) is 34.6 Å². The number of hydrogen-bond acceptors (Lipinski definition) is 6. The first-order chi connectivity index (χ1) is 16.3. The number of nitrogens with one attached hydrogen (secondary N) is 1. The zero-order chi connectivity index (χ0) is 24.2. The second kappa shape index (κ2) is 10.0. The molecule has 1 atom stereocenters. The zero-order valence-electron chi connectivity index (χ0n) is 20.5. The molecule has 34 heavy (non-hydrogen) atoms. The Hall–Kier alpha value is -3.74. The lowest BCUT2D eigenvalue weighted by molar-refractivity contribution is 0.0939. The third-order valence-corrected chi connectivity index (χ3v) is 6.37. The molecule has 0 aliphatic carbocycles. The van der Waals surface area contributed by atoms with E-state index in [1.165, 1.54) is 11.3 Å². The molecule has 1 fully saturated rings. The summed E-state index contributed by atoms with van der Waals surface area (Å²) in [5, 5.41) is 3.04. The van der Waals surface area contributed by atoms with Gasteiger partial charge in [-0.25, -0.2) is 4.98 Å². The molecule has 1 aliphatic rings. The van der Waals surface area contributed by atoms with E-state index in [2.05, 4.69) is 51.3 Å². The van der Waals surface area contributed by atoms with Gasteiger partial charge in [0.1, 0.15) is 5.82 Å². The summed E-state index contributed by atoms with van der Waals surface area (Å²) in [5.74, 6) is 0.696. The van der Waals surface area contributed by atoms with Crippen LogP contribution in [0.2, 0.25) is 0 Å². The van der Waals surface area contributed by atoms with Crippen LogP contribution in [0.15, 0.2) is 60.7 Å². The van der Waals surface area contributed by atoms with Crippen LogP contribution in [-0.2, 0) is 0 Å². The molecule has 0 bridgehead atoms. The number of aromatic nitrogens is 1. The van der Waals surface area contributed by atoms with E-state index in [0.29, 0.717) is 11.3 Å². The number of pyridine rings is 1. The highest BCUT2D eigenvalue weighted by molar-refractivity contribution is 5.96. The SMILES string of the molecule is Cc1ccccc1N1CCN(c2ccc(C(=O)NC(C)c3cccc(N(C)C)n3)cc2N)CC1. The molecule has 0 saturated carbocycles. The van der Waals surface area contributed by atoms with Gasteiger partial charge in [0.15, 0.2) is 0 Å². The lowest BCUT2D eigenvalue weighted by Crippen LogP contribution is -2.47. The number of nitrogens with zero attached hydrogens (tertiary/aromatic N) is 4. The lowest BCUT2D eigenvalue weighted by Gasteiger charge is -2.38. The predicted molar refractivity (Wildman–Crippen MR) is 141 cm³/mol. The second-order valence-electron chi connectivity index (χ2n) is 9.04. The number of anilines is 4. The van der Waals surface area contributed by atoms with Crippen molar-refractivity contribution in [2.24, 2.45) is 0 Å². The second-order valence-corrected chi connectivity index (χ2v) is 9.04. The topological polar surface area (TPSA) is 77.7 Å². The first kappa shape index (κ1) is 23.4. The summed E-state index contributed by atoms with van der Waals surface area (Å²) >= 11 is 0. The summed E-state index contributed by atoms with van der Waals surface area (Å²) < 4.78 is 0. The molecule has 2 heterocycles. The number of piperazine rings is 1. The number of rotatable bonds is 6. The van der Waals surface area contributed by atoms with Crippen molar-refractivity contribution in [3.63, 3.8) is 0 Å². The first-order valence-corrected chi connectivity index (χ1v) is 11.7. The number of benzene rings is 2. The fraction of sp³-hybridized carbons (Fsp3) is 0.333. The molecule has 1 saturated heterocycles.